The number of rotatable bonds is 5. The van der Waals surface area contributed by atoms with Crippen molar-refractivity contribution < 1.29 is 9.90 Å². The molecule has 1 aromatic rings. The Bertz CT molecular complexity index is 376. The molecule has 1 amide bonds. The fourth-order valence-electron chi connectivity index (χ4n) is 1.49. The predicted molar refractivity (Wildman–Crippen MR) is 68.1 cm³/mol. The number of phenolic OH excluding ortho intramolecular Hbond substituents is 1. The van der Waals surface area contributed by atoms with Crippen LogP contribution in [0.3, 0.4) is 0 Å². The number of nitrogens with one attached hydrogen (secondary N) is 1. The molecule has 0 bridgehead atoms. The Morgan fingerprint density at radius 2 is 2.24 bits per heavy atom. The van der Waals surface area contributed by atoms with Crippen LogP contribution >= 0.6 is 11.6 Å². The third-order valence-corrected chi connectivity index (χ3v) is 2.92. The Hall–Kier alpha value is -1.26. The van der Waals surface area contributed by atoms with Gasteiger partial charge in [-0.2, -0.15) is 0 Å². The first-order valence-corrected chi connectivity index (χ1v) is 5.85. The topological polar surface area (TPSA) is 52.6 Å². The normalized spacial score (nSPS) is 10.6. The van der Waals surface area contributed by atoms with Crippen molar-refractivity contribution in [3.63, 3.8) is 0 Å². The van der Waals surface area contributed by atoms with Crippen LogP contribution < -0.4 is 5.32 Å². The monoisotopic (exact) mass is 256 g/mol. The largest absolute Gasteiger partial charge is 0.508 e. The van der Waals surface area contributed by atoms with Gasteiger partial charge in [-0.05, 0) is 18.7 Å². The van der Waals surface area contributed by atoms with E-state index in [4.69, 9.17) is 11.6 Å². The first-order chi connectivity index (χ1) is 8.08. The van der Waals surface area contributed by atoms with Gasteiger partial charge in [-0.1, -0.05) is 24.6 Å². The molecule has 0 fully saturated rings. The quantitative estimate of drug-likeness (QED) is 0.842. The van der Waals surface area contributed by atoms with Crippen molar-refractivity contribution in [3.05, 3.63) is 28.8 Å². The molecule has 5 heteroatoms. The van der Waals surface area contributed by atoms with Crippen LogP contribution in [0.25, 0.3) is 0 Å². The van der Waals surface area contributed by atoms with E-state index in [0.717, 1.165) is 0 Å². The summed E-state index contributed by atoms with van der Waals surface area (Å²) in [6.07, 6.45) is 0. The number of amides is 1. The molecule has 17 heavy (non-hydrogen) atoms. The molecule has 4 nitrogen and oxygen atoms in total. The van der Waals surface area contributed by atoms with E-state index in [1.165, 1.54) is 0 Å². The highest BCUT2D eigenvalue weighted by atomic mass is 35.5. The van der Waals surface area contributed by atoms with Gasteiger partial charge in [-0.15, -0.1) is 0 Å². The third kappa shape index (κ3) is 3.91. The fraction of sp³-hybridized carbons (Fsp3) is 0.417. The van der Waals surface area contributed by atoms with E-state index in [1.54, 1.807) is 25.2 Å². The zero-order valence-electron chi connectivity index (χ0n) is 10.0. The van der Waals surface area contributed by atoms with Gasteiger partial charge in [-0.3, -0.25) is 9.69 Å². The van der Waals surface area contributed by atoms with E-state index in [0.29, 0.717) is 23.7 Å². The van der Waals surface area contributed by atoms with E-state index in [2.05, 4.69) is 5.32 Å². The summed E-state index contributed by atoms with van der Waals surface area (Å²) < 4.78 is 0. The smallest absolute Gasteiger partial charge is 0.233 e. The fourth-order valence-corrected chi connectivity index (χ4v) is 1.72. The Morgan fingerprint density at radius 3 is 2.76 bits per heavy atom. The number of hydrogen-bond donors (Lipinski definition) is 2. The molecule has 2 N–H and O–H groups in total. The maximum absolute atomic E-state index is 11.3. The van der Waals surface area contributed by atoms with Crippen molar-refractivity contribution in [1.29, 1.82) is 0 Å². The van der Waals surface area contributed by atoms with E-state index in [9.17, 15) is 9.90 Å². The van der Waals surface area contributed by atoms with Gasteiger partial charge in [0.1, 0.15) is 5.75 Å². The highest BCUT2D eigenvalue weighted by Gasteiger charge is 2.13. The maximum Gasteiger partial charge on any atom is 0.233 e. The Morgan fingerprint density at radius 1 is 1.53 bits per heavy atom. The van der Waals surface area contributed by atoms with Gasteiger partial charge < -0.3 is 10.4 Å². The molecule has 0 aliphatic carbocycles. The second-order valence-electron chi connectivity index (χ2n) is 3.71. The second kappa shape index (κ2) is 6.47. The molecule has 0 spiro atoms. The number of likely N-dealkylation sites (N-methyl/N-ethyl adjacent to an activating group) is 2. The molecule has 94 valence electrons. The minimum Gasteiger partial charge on any atom is -0.508 e. The zero-order valence-corrected chi connectivity index (χ0v) is 10.8. The van der Waals surface area contributed by atoms with E-state index < -0.39 is 0 Å². The summed E-state index contributed by atoms with van der Waals surface area (Å²) in [6, 6.07) is 5.01. The summed E-state index contributed by atoms with van der Waals surface area (Å²) in [5.74, 6) is 0.103. The summed E-state index contributed by atoms with van der Waals surface area (Å²) in [5.41, 5.74) is 0.653. The number of nitrogens with zero attached hydrogens (tertiary/aromatic N) is 1. The lowest BCUT2D eigenvalue weighted by Gasteiger charge is -2.20. The van der Waals surface area contributed by atoms with Gasteiger partial charge >= 0.3 is 0 Å². The van der Waals surface area contributed by atoms with Crippen LogP contribution in [-0.4, -0.2) is 36.1 Å². The van der Waals surface area contributed by atoms with Gasteiger partial charge in [0.25, 0.3) is 0 Å². The number of halogens is 1. The Kier molecular flexibility index (Phi) is 5.25. The van der Waals surface area contributed by atoms with Crippen molar-refractivity contribution in [1.82, 2.24) is 10.2 Å². The number of carbonyl (C=O) groups is 1. The average molecular weight is 257 g/mol. The minimum atomic E-state index is -0.0570. The van der Waals surface area contributed by atoms with Gasteiger partial charge in [0, 0.05) is 24.2 Å². The number of aromatic hydroxyl groups is 1. The molecule has 0 unspecified atom stereocenters. The van der Waals surface area contributed by atoms with E-state index in [-0.39, 0.29) is 18.2 Å². The summed E-state index contributed by atoms with van der Waals surface area (Å²) in [7, 11) is 1.60. The number of carbonyl (C=O) groups excluding carboxylic acids is 1. The molecule has 0 atom stereocenters. The van der Waals surface area contributed by atoms with Crippen molar-refractivity contribution >= 4 is 17.5 Å². The van der Waals surface area contributed by atoms with Crippen LogP contribution in [0.4, 0.5) is 0 Å². The van der Waals surface area contributed by atoms with E-state index >= 15 is 0 Å². The number of hydrogen-bond acceptors (Lipinski definition) is 3. The van der Waals surface area contributed by atoms with Crippen molar-refractivity contribution in [2.75, 3.05) is 20.1 Å². The molecule has 1 rings (SSSR count). The van der Waals surface area contributed by atoms with Crippen molar-refractivity contribution in [2.24, 2.45) is 0 Å². The third-order valence-electron chi connectivity index (χ3n) is 2.57. The standard InChI is InChI=1S/C12H17ClN2O2/c1-3-15(8-12(17)14-2)7-9-10(13)5-4-6-11(9)16/h4-6,16H,3,7-8H2,1-2H3,(H,14,17). The van der Waals surface area contributed by atoms with Gasteiger partial charge in [0.2, 0.25) is 5.91 Å². The van der Waals surface area contributed by atoms with Gasteiger partial charge in [0.15, 0.2) is 0 Å². The minimum absolute atomic E-state index is 0.0570. The predicted octanol–water partition coefficient (Wildman–Crippen LogP) is 1.61. The average Bonchev–Trinajstić information content (AvgIpc) is 2.32. The molecule has 1 aromatic carbocycles. The van der Waals surface area contributed by atoms with Crippen molar-refractivity contribution in [3.8, 4) is 5.75 Å². The number of phenols is 1. The zero-order chi connectivity index (χ0) is 12.8. The molecule has 0 saturated carbocycles. The molecule has 0 aliphatic heterocycles. The van der Waals surface area contributed by atoms with Crippen molar-refractivity contribution in [2.45, 2.75) is 13.5 Å². The lowest BCUT2D eigenvalue weighted by Crippen LogP contribution is -2.35. The van der Waals surface area contributed by atoms with Gasteiger partial charge in [-0.25, -0.2) is 0 Å². The molecule has 0 heterocycles. The summed E-state index contributed by atoms with van der Waals surface area (Å²) >= 11 is 6.01. The maximum atomic E-state index is 11.3. The lowest BCUT2D eigenvalue weighted by molar-refractivity contribution is -0.121. The van der Waals surface area contributed by atoms with Crippen LogP contribution in [0, 0.1) is 0 Å². The summed E-state index contributed by atoms with van der Waals surface area (Å²) in [4.78, 5) is 13.2. The van der Waals surface area contributed by atoms with Crippen LogP contribution in [-0.2, 0) is 11.3 Å². The first-order valence-electron chi connectivity index (χ1n) is 5.47. The summed E-state index contributed by atoms with van der Waals surface area (Å²) in [5, 5.41) is 12.8. The van der Waals surface area contributed by atoms with E-state index in [1.807, 2.05) is 11.8 Å². The molecular formula is C12H17ClN2O2. The molecule has 0 saturated heterocycles. The van der Waals surface area contributed by atoms with Crippen LogP contribution in [0.1, 0.15) is 12.5 Å². The lowest BCUT2D eigenvalue weighted by atomic mass is 10.2. The Balaban J connectivity index is 2.77. The highest BCUT2D eigenvalue weighted by Crippen LogP contribution is 2.26. The van der Waals surface area contributed by atoms with Crippen LogP contribution in [0.2, 0.25) is 5.02 Å². The number of benzene rings is 1. The molecular weight excluding hydrogens is 240 g/mol. The van der Waals surface area contributed by atoms with Crippen LogP contribution in [0.5, 0.6) is 5.75 Å². The SMILES string of the molecule is CCN(CC(=O)NC)Cc1c(O)cccc1Cl. The molecule has 0 aromatic heterocycles. The highest BCUT2D eigenvalue weighted by molar-refractivity contribution is 6.31. The Labute approximate surface area is 106 Å². The van der Waals surface area contributed by atoms with Crippen LogP contribution in [0.15, 0.2) is 18.2 Å². The summed E-state index contributed by atoms with van der Waals surface area (Å²) in [6.45, 7) is 3.40. The second-order valence-corrected chi connectivity index (χ2v) is 4.12. The van der Waals surface area contributed by atoms with Gasteiger partial charge in [0.05, 0.1) is 6.54 Å². The molecule has 0 radical (unpaired) electrons. The first kappa shape index (κ1) is 13.8. The molecule has 0 aliphatic rings.